The van der Waals surface area contributed by atoms with Crippen LogP contribution in [0.1, 0.15) is 5.56 Å². The highest BCUT2D eigenvalue weighted by Gasteiger charge is 2.00. The number of benzene rings is 2. The minimum Gasteiger partial charge on any atom is -0.0937 e. The lowest BCUT2D eigenvalue weighted by molar-refractivity contribution is 1.58. The molecule has 0 unspecified atom stereocenters. The van der Waals surface area contributed by atoms with Crippen molar-refractivity contribution in [1.82, 2.24) is 0 Å². The molecule has 0 aliphatic carbocycles. The first kappa shape index (κ1) is 11.6. The molecule has 1 aliphatic rings. The molecule has 0 fully saturated rings. The van der Waals surface area contributed by atoms with Gasteiger partial charge >= 0.3 is 0 Å². The second-order valence-corrected chi connectivity index (χ2v) is 6.27. The Kier molecular flexibility index (Phi) is 3.51. The van der Waals surface area contributed by atoms with Gasteiger partial charge < -0.3 is 0 Å². The average molecular weight is 344 g/mol. The fraction of sp³-hybridized carbons (Fsp3) is 0. The molecule has 0 nitrogen and oxygen atoms in total. The highest BCUT2D eigenvalue weighted by Crippen LogP contribution is 2.24. The maximum Gasteiger partial charge on any atom is -0.0175 e. The molecule has 1 heterocycles. The molecule has 88 valence electrons. The van der Waals surface area contributed by atoms with Gasteiger partial charge in [-0.25, -0.2) is 0 Å². The number of hydrogen-bond acceptors (Lipinski definition) is 0. The van der Waals surface area contributed by atoms with Crippen LogP contribution in [0.15, 0.2) is 70.8 Å². The Hall–Kier alpha value is -1.48. The predicted molar refractivity (Wildman–Crippen MR) is 89.1 cm³/mol. The largest absolute Gasteiger partial charge is 0.0937 e. The number of hydrogen-bond donors (Lipinski definition) is 0. The van der Waals surface area contributed by atoms with Crippen molar-refractivity contribution < 1.29 is 0 Å². The molecule has 1 aliphatic heterocycles. The van der Waals surface area contributed by atoms with Crippen molar-refractivity contribution >= 4 is 30.3 Å². The third-order valence-corrected chi connectivity index (χ3v) is 4.51. The maximum absolute atomic E-state index is 2.30. The van der Waals surface area contributed by atoms with Crippen molar-refractivity contribution in [3.63, 3.8) is 0 Å². The van der Waals surface area contributed by atoms with Crippen molar-refractivity contribution in [2.45, 2.75) is 0 Å². The molecule has 2 aromatic rings. The highest BCUT2D eigenvalue weighted by atomic mass is 127. The zero-order valence-electron chi connectivity index (χ0n) is 9.88. The summed E-state index contributed by atoms with van der Waals surface area (Å²) >= 11 is 0.171. The lowest BCUT2D eigenvalue weighted by Gasteiger charge is -2.06. The lowest BCUT2D eigenvalue weighted by Crippen LogP contribution is -1.84. The zero-order valence-corrected chi connectivity index (χ0v) is 12.0. The van der Waals surface area contributed by atoms with E-state index in [0.29, 0.717) is 0 Å². The van der Waals surface area contributed by atoms with E-state index in [0.717, 1.165) is 0 Å². The van der Waals surface area contributed by atoms with Crippen LogP contribution in [0.4, 0.5) is 0 Å². The molecular formula is C17H13I. The quantitative estimate of drug-likeness (QED) is 0.670. The van der Waals surface area contributed by atoms with Gasteiger partial charge in [-0.2, -0.15) is 0 Å². The molecule has 0 atom stereocenters. The summed E-state index contributed by atoms with van der Waals surface area (Å²) in [5.74, 6) is 0. The molecule has 0 aromatic heterocycles. The van der Waals surface area contributed by atoms with Crippen LogP contribution in [0.3, 0.4) is 0 Å². The number of rotatable bonds is 2. The van der Waals surface area contributed by atoms with Gasteiger partial charge in [-0.3, -0.25) is 0 Å². The van der Waals surface area contributed by atoms with E-state index in [-0.39, 0.29) is 20.7 Å². The number of halogens is 1. The summed E-state index contributed by atoms with van der Waals surface area (Å²) in [6, 6.07) is 19.3. The van der Waals surface area contributed by atoms with Gasteiger partial charge in [0.05, 0.1) is 0 Å². The second-order valence-electron chi connectivity index (χ2n) is 4.11. The molecular weight excluding hydrogens is 331 g/mol. The first-order chi connectivity index (χ1) is 8.93. The summed E-state index contributed by atoms with van der Waals surface area (Å²) in [5, 5.41) is 0. The van der Waals surface area contributed by atoms with E-state index in [9.17, 15) is 0 Å². The van der Waals surface area contributed by atoms with Crippen LogP contribution in [0.25, 0.3) is 16.7 Å². The predicted octanol–water partition coefficient (Wildman–Crippen LogP) is 5.04. The lowest BCUT2D eigenvalue weighted by atomic mass is 10.0. The topological polar surface area (TPSA) is 0 Å². The van der Waals surface area contributed by atoms with Crippen molar-refractivity contribution in [3.05, 3.63) is 76.4 Å². The SMILES string of the molecule is C1=CC(c2ccc(-c3ccccc3)cc2)=CC=I1. The monoisotopic (exact) mass is 344 g/mol. The van der Waals surface area contributed by atoms with Crippen LogP contribution < -0.4 is 0 Å². The molecule has 0 saturated carbocycles. The highest BCUT2D eigenvalue weighted by molar-refractivity contribution is 14.2. The van der Waals surface area contributed by atoms with Gasteiger partial charge in [0, 0.05) is 0 Å². The first-order valence-corrected chi connectivity index (χ1v) is 8.40. The third kappa shape index (κ3) is 2.51. The summed E-state index contributed by atoms with van der Waals surface area (Å²) in [6.45, 7) is 0. The molecule has 0 N–H and O–H groups in total. The molecule has 0 bridgehead atoms. The Balaban J connectivity index is 1.92. The van der Waals surface area contributed by atoms with Gasteiger partial charge in [-0.1, -0.05) is 75.3 Å². The van der Waals surface area contributed by atoms with Crippen LogP contribution >= 0.6 is 20.7 Å². The Morgan fingerprint density at radius 2 is 1.33 bits per heavy atom. The zero-order chi connectivity index (χ0) is 12.2. The van der Waals surface area contributed by atoms with E-state index in [1.807, 2.05) is 0 Å². The standard InChI is InChI=1S/C17H13I/c1-2-4-14(5-3-1)15-6-8-16(9-7-15)17-10-12-18-13-11-17/h1-13H. The summed E-state index contributed by atoms with van der Waals surface area (Å²) in [5.41, 5.74) is 5.16. The fourth-order valence-corrected chi connectivity index (χ4v) is 3.41. The van der Waals surface area contributed by atoms with E-state index in [2.05, 4.69) is 74.8 Å². The van der Waals surface area contributed by atoms with Crippen LogP contribution in [-0.4, -0.2) is 4.01 Å². The van der Waals surface area contributed by atoms with E-state index in [1.165, 1.54) is 22.3 Å². The van der Waals surface area contributed by atoms with E-state index in [1.54, 1.807) is 0 Å². The Morgan fingerprint density at radius 1 is 0.667 bits per heavy atom. The Labute approximate surface area is 117 Å². The van der Waals surface area contributed by atoms with Crippen LogP contribution in [0, 0.1) is 0 Å². The van der Waals surface area contributed by atoms with E-state index in [4.69, 9.17) is 0 Å². The van der Waals surface area contributed by atoms with Gasteiger partial charge in [0.25, 0.3) is 0 Å². The smallest absolute Gasteiger partial charge is 0.0175 e. The van der Waals surface area contributed by atoms with Gasteiger partial charge in [0.1, 0.15) is 0 Å². The Bertz CT molecular complexity index is 616. The summed E-state index contributed by atoms with van der Waals surface area (Å²) in [4.78, 5) is 0. The molecule has 2 aromatic carbocycles. The molecule has 18 heavy (non-hydrogen) atoms. The van der Waals surface area contributed by atoms with Crippen molar-refractivity contribution in [2.24, 2.45) is 0 Å². The molecule has 3 rings (SSSR count). The second kappa shape index (κ2) is 5.44. The van der Waals surface area contributed by atoms with Gasteiger partial charge in [-0.15, -0.1) is 0 Å². The summed E-state index contributed by atoms with van der Waals surface area (Å²) < 4.78 is 4.61. The Morgan fingerprint density at radius 3 is 2.00 bits per heavy atom. The summed E-state index contributed by atoms with van der Waals surface area (Å²) in [6.07, 6.45) is 4.48. The van der Waals surface area contributed by atoms with Crippen molar-refractivity contribution in [2.75, 3.05) is 0 Å². The van der Waals surface area contributed by atoms with Crippen LogP contribution in [0.2, 0.25) is 0 Å². The fourth-order valence-electron chi connectivity index (χ4n) is 1.98. The van der Waals surface area contributed by atoms with Gasteiger partial charge in [-0.05, 0) is 42.5 Å². The molecule has 0 saturated heterocycles. The summed E-state index contributed by atoms with van der Waals surface area (Å²) in [7, 11) is 0. The van der Waals surface area contributed by atoms with Crippen molar-refractivity contribution in [3.8, 4) is 11.1 Å². The molecule has 0 amide bonds. The van der Waals surface area contributed by atoms with E-state index >= 15 is 0 Å². The maximum atomic E-state index is 2.30. The minimum atomic E-state index is 0.171. The molecule has 1 heteroatoms. The molecule has 0 spiro atoms. The molecule has 0 radical (unpaired) electrons. The van der Waals surface area contributed by atoms with Crippen molar-refractivity contribution in [1.29, 1.82) is 0 Å². The third-order valence-electron chi connectivity index (χ3n) is 2.96. The minimum absolute atomic E-state index is 0.171. The van der Waals surface area contributed by atoms with Crippen LogP contribution in [0.5, 0.6) is 0 Å². The van der Waals surface area contributed by atoms with E-state index < -0.39 is 0 Å². The first-order valence-electron chi connectivity index (χ1n) is 5.91. The van der Waals surface area contributed by atoms with Gasteiger partial charge in [0.15, 0.2) is 0 Å². The normalized spacial score (nSPS) is 13.9. The van der Waals surface area contributed by atoms with Crippen LogP contribution in [-0.2, 0) is 0 Å². The van der Waals surface area contributed by atoms with Gasteiger partial charge in [0.2, 0.25) is 0 Å². The average Bonchev–Trinajstić information content (AvgIpc) is 2.49. The number of allylic oxidation sites excluding steroid dienone is 3.